The number of hydrogen-bond donors (Lipinski definition) is 2. The number of imide groups is 1. The van der Waals surface area contributed by atoms with Gasteiger partial charge in [-0.05, 0) is 63.8 Å². The summed E-state index contributed by atoms with van der Waals surface area (Å²) in [4.78, 5) is 51.6. The van der Waals surface area contributed by atoms with Crippen molar-refractivity contribution in [3.63, 3.8) is 0 Å². The SMILES string of the molecule is CC1(C)OB(c2cccc(C(=O)Nc3cccc4c3CN(C3CCC(=O)NC3=O)C4=O)c2)OC1(C)C. The van der Waals surface area contributed by atoms with Crippen LogP contribution in [-0.2, 0) is 25.4 Å². The van der Waals surface area contributed by atoms with Gasteiger partial charge in [-0.25, -0.2) is 0 Å². The number of carbonyl (C=O) groups is 4. The topological polar surface area (TPSA) is 114 Å². The maximum absolute atomic E-state index is 13.2. The highest BCUT2D eigenvalue weighted by Crippen LogP contribution is 2.36. The number of nitrogens with one attached hydrogen (secondary N) is 2. The van der Waals surface area contributed by atoms with E-state index in [9.17, 15) is 19.2 Å². The minimum atomic E-state index is -0.720. The third-order valence-corrected chi connectivity index (χ3v) is 7.50. The molecule has 3 aliphatic rings. The van der Waals surface area contributed by atoms with Crippen LogP contribution in [0.4, 0.5) is 5.69 Å². The van der Waals surface area contributed by atoms with E-state index < -0.39 is 30.3 Å². The largest absolute Gasteiger partial charge is 0.494 e. The summed E-state index contributed by atoms with van der Waals surface area (Å²) in [5.41, 5.74) is 1.74. The first kappa shape index (κ1) is 24.2. The summed E-state index contributed by atoms with van der Waals surface area (Å²) in [6.07, 6.45) is 0.455. The summed E-state index contributed by atoms with van der Waals surface area (Å²) < 4.78 is 12.2. The normalized spacial score (nSPS) is 22.4. The van der Waals surface area contributed by atoms with Crippen LogP contribution in [0, 0.1) is 0 Å². The molecule has 10 heteroatoms. The Hall–Kier alpha value is -3.50. The molecule has 0 bridgehead atoms. The van der Waals surface area contributed by atoms with E-state index >= 15 is 0 Å². The Morgan fingerprint density at radius 2 is 1.75 bits per heavy atom. The van der Waals surface area contributed by atoms with Crippen LogP contribution in [0.3, 0.4) is 0 Å². The lowest BCUT2D eigenvalue weighted by atomic mass is 9.78. The van der Waals surface area contributed by atoms with E-state index in [-0.39, 0.29) is 37.1 Å². The molecule has 4 amide bonds. The molecule has 3 aliphatic heterocycles. The molecule has 0 aliphatic carbocycles. The monoisotopic (exact) mass is 489 g/mol. The predicted octanol–water partition coefficient (Wildman–Crippen LogP) is 2.00. The molecule has 36 heavy (non-hydrogen) atoms. The van der Waals surface area contributed by atoms with Crippen LogP contribution in [0.15, 0.2) is 42.5 Å². The van der Waals surface area contributed by atoms with Gasteiger partial charge in [0.05, 0.1) is 11.2 Å². The van der Waals surface area contributed by atoms with Crippen LogP contribution in [0.2, 0.25) is 0 Å². The average molecular weight is 489 g/mol. The van der Waals surface area contributed by atoms with Crippen molar-refractivity contribution in [2.45, 2.75) is 64.3 Å². The number of hydrogen-bond acceptors (Lipinski definition) is 6. The number of carbonyl (C=O) groups excluding carboxylic acids is 4. The van der Waals surface area contributed by atoms with Crippen molar-refractivity contribution in [2.75, 3.05) is 5.32 Å². The molecular weight excluding hydrogens is 461 g/mol. The highest BCUT2D eigenvalue weighted by Gasteiger charge is 2.51. The van der Waals surface area contributed by atoms with E-state index in [1.54, 1.807) is 36.4 Å². The molecular formula is C26H28BN3O6. The Morgan fingerprint density at radius 3 is 2.44 bits per heavy atom. The van der Waals surface area contributed by atoms with Crippen LogP contribution in [0.5, 0.6) is 0 Å². The van der Waals surface area contributed by atoms with Crippen LogP contribution < -0.4 is 16.1 Å². The molecule has 2 saturated heterocycles. The first-order valence-corrected chi connectivity index (χ1v) is 12.0. The zero-order chi connectivity index (χ0) is 25.8. The number of nitrogens with zero attached hydrogens (tertiary/aromatic N) is 1. The lowest BCUT2D eigenvalue weighted by Crippen LogP contribution is -2.52. The second-order valence-electron chi connectivity index (χ2n) is 10.4. The molecule has 2 aromatic carbocycles. The zero-order valence-corrected chi connectivity index (χ0v) is 20.7. The number of amides is 4. The Morgan fingerprint density at radius 1 is 1.06 bits per heavy atom. The van der Waals surface area contributed by atoms with Gasteiger partial charge in [-0.1, -0.05) is 18.2 Å². The molecule has 2 N–H and O–H groups in total. The number of fused-ring (bicyclic) bond motifs is 1. The van der Waals surface area contributed by atoms with Gasteiger partial charge in [0.1, 0.15) is 6.04 Å². The van der Waals surface area contributed by atoms with Crippen molar-refractivity contribution in [1.82, 2.24) is 10.2 Å². The van der Waals surface area contributed by atoms with Crippen molar-refractivity contribution in [2.24, 2.45) is 0 Å². The maximum atomic E-state index is 13.2. The van der Waals surface area contributed by atoms with Crippen molar-refractivity contribution in [3.8, 4) is 0 Å². The standard InChI is InChI=1S/C26H28BN3O6/c1-25(2)26(3,4)36-27(35-25)16-8-5-7-15(13-16)22(32)28-19-10-6-9-17-18(19)14-30(24(17)34)20-11-12-21(31)29-23(20)33/h5-10,13,20H,11-12,14H2,1-4H3,(H,28,32)(H,29,31,33). The maximum Gasteiger partial charge on any atom is 0.494 e. The van der Waals surface area contributed by atoms with E-state index in [4.69, 9.17) is 9.31 Å². The van der Waals surface area contributed by atoms with Crippen LogP contribution >= 0.6 is 0 Å². The Labute approximate surface area is 209 Å². The summed E-state index contributed by atoms with van der Waals surface area (Å²) in [5, 5.41) is 5.22. The van der Waals surface area contributed by atoms with Gasteiger partial charge in [-0.2, -0.15) is 0 Å². The quantitative estimate of drug-likeness (QED) is 0.502. The second-order valence-corrected chi connectivity index (χ2v) is 10.4. The minimum Gasteiger partial charge on any atom is -0.399 e. The molecule has 0 aromatic heterocycles. The third-order valence-electron chi connectivity index (χ3n) is 7.50. The first-order valence-electron chi connectivity index (χ1n) is 12.0. The fourth-order valence-electron chi connectivity index (χ4n) is 4.70. The highest BCUT2D eigenvalue weighted by molar-refractivity contribution is 6.62. The molecule has 0 saturated carbocycles. The highest BCUT2D eigenvalue weighted by atomic mass is 16.7. The van der Waals surface area contributed by atoms with Gasteiger partial charge in [0.15, 0.2) is 0 Å². The van der Waals surface area contributed by atoms with Gasteiger partial charge in [-0.3, -0.25) is 24.5 Å². The molecule has 9 nitrogen and oxygen atoms in total. The van der Waals surface area contributed by atoms with E-state index in [1.807, 2.05) is 33.8 Å². The van der Waals surface area contributed by atoms with Crippen LogP contribution in [0.25, 0.3) is 0 Å². The number of anilines is 1. The molecule has 5 rings (SSSR count). The third kappa shape index (κ3) is 4.10. The lowest BCUT2D eigenvalue weighted by molar-refractivity contribution is -0.136. The molecule has 3 heterocycles. The molecule has 1 atom stereocenters. The Balaban J connectivity index is 1.35. The van der Waals surface area contributed by atoms with Gasteiger partial charge >= 0.3 is 7.12 Å². The molecule has 2 fully saturated rings. The van der Waals surface area contributed by atoms with Gasteiger partial charge in [0.25, 0.3) is 11.8 Å². The number of piperidine rings is 1. The number of benzene rings is 2. The van der Waals surface area contributed by atoms with E-state index in [1.165, 1.54) is 4.90 Å². The van der Waals surface area contributed by atoms with E-state index in [0.29, 0.717) is 22.4 Å². The fourth-order valence-corrected chi connectivity index (χ4v) is 4.70. The summed E-state index contributed by atoms with van der Waals surface area (Å²) in [7, 11) is -0.594. The van der Waals surface area contributed by atoms with Gasteiger partial charge in [0, 0.05) is 35.3 Å². The Kier molecular flexibility index (Phi) is 5.76. The molecule has 1 unspecified atom stereocenters. The van der Waals surface area contributed by atoms with Crippen LogP contribution in [-0.4, -0.2) is 52.9 Å². The van der Waals surface area contributed by atoms with Crippen molar-refractivity contribution < 1.29 is 28.5 Å². The minimum absolute atomic E-state index is 0.171. The smallest absolute Gasteiger partial charge is 0.399 e. The van der Waals surface area contributed by atoms with Crippen molar-refractivity contribution >= 4 is 41.9 Å². The Bertz CT molecular complexity index is 1270. The second kappa shape index (κ2) is 8.57. The molecule has 2 aromatic rings. The molecule has 0 radical (unpaired) electrons. The average Bonchev–Trinajstić information content (AvgIpc) is 3.26. The summed E-state index contributed by atoms with van der Waals surface area (Å²) in [6.45, 7) is 8.06. The van der Waals surface area contributed by atoms with E-state index in [0.717, 1.165) is 5.46 Å². The summed E-state index contributed by atoms with van der Waals surface area (Å²) in [5.74, 6) is -1.44. The predicted molar refractivity (Wildman–Crippen MR) is 133 cm³/mol. The number of rotatable bonds is 4. The van der Waals surface area contributed by atoms with Gasteiger partial charge in [0.2, 0.25) is 11.8 Å². The summed E-state index contributed by atoms with van der Waals surface area (Å²) >= 11 is 0. The van der Waals surface area contributed by atoms with Crippen molar-refractivity contribution in [1.29, 1.82) is 0 Å². The van der Waals surface area contributed by atoms with Crippen molar-refractivity contribution in [3.05, 3.63) is 59.2 Å². The molecule has 186 valence electrons. The van der Waals surface area contributed by atoms with E-state index in [2.05, 4.69) is 10.6 Å². The zero-order valence-electron chi connectivity index (χ0n) is 20.7. The van der Waals surface area contributed by atoms with Crippen LogP contribution in [0.1, 0.15) is 66.8 Å². The lowest BCUT2D eigenvalue weighted by Gasteiger charge is -2.32. The van der Waals surface area contributed by atoms with Gasteiger partial charge < -0.3 is 19.5 Å². The summed E-state index contributed by atoms with van der Waals surface area (Å²) in [6, 6.07) is 11.5. The van der Waals surface area contributed by atoms with Gasteiger partial charge in [-0.15, -0.1) is 0 Å². The first-order chi connectivity index (χ1) is 17.0. The fraction of sp³-hybridized carbons (Fsp3) is 0.385. The molecule has 0 spiro atoms.